The number of rotatable bonds is 6. The monoisotopic (exact) mass is 338 g/mol. The van der Waals surface area contributed by atoms with Gasteiger partial charge in [0.05, 0.1) is 11.9 Å². The number of carbonyl (C=O) groups is 1. The zero-order valence-electron chi connectivity index (χ0n) is 13.8. The number of ether oxygens (including phenoxy) is 1. The highest BCUT2D eigenvalue weighted by atomic mass is 32.2. The van der Waals surface area contributed by atoms with Crippen LogP contribution in [0.4, 0.5) is 0 Å². The Hall–Kier alpha value is -1.08. The van der Waals surface area contributed by atoms with Crippen molar-refractivity contribution in [3.8, 4) is 0 Å². The second-order valence-corrected chi connectivity index (χ2v) is 7.36. The molecule has 1 saturated heterocycles. The fraction of sp³-hybridized carbons (Fsp3) is 0.812. The third kappa shape index (κ3) is 4.47. The molecule has 1 amide bonds. The molecule has 1 atom stereocenters. The molecule has 3 rings (SSSR count). The van der Waals surface area contributed by atoms with Gasteiger partial charge in [-0.2, -0.15) is 0 Å². The summed E-state index contributed by atoms with van der Waals surface area (Å²) >= 11 is 1.49. The molecule has 2 fully saturated rings. The molecule has 2 heterocycles. The van der Waals surface area contributed by atoms with Crippen molar-refractivity contribution in [1.29, 1.82) is 0 Å². The van der Waals surface area contributed by atoms with Gasteiger partial charge >= 0.3 is 0 Å². The molecule has 23 heavy (non-hydrogen) atoms. The summed E-state index contributed by atoms with van der Waals surface area (Å²) in [7, 11) is 0. The molecule has 1 aliphatic carbocycles. The molecule has 0 aromatic carbocycles. The summed E-state index contributed by atoms with van der Waals surface area (Å²) in [5.41, 5.74) is 0. The lowest BCUT2D eigenvalue weighted by atomic mass is 9.95. The van der Waals surface area contributed by atoms with Gasteiger partial charge in [-0.25, -0.2) is 0 Å². The lowest BCUT2D eigenvalue weighted by molar-refractivity contribution is -0.119. The van der Waals surface area contributed by atoms with E-state index in [1.807, 2.05) is 6.92 Å². The van der Waals surface area contributed by atoms with Gasteiger partial charge in [-0.3, -0.25) is 4.79 Å². The molecule has 0 spiro atoms. The van der Waals surface area contributed by atoms with E-state index in [1.54, 1.807) is 0 Å². The van der Waals surface area contributed by atoms with Gasteiger partial charge in [0, 0.05) is 19.2 Å². The van der Waals surface area contributed by atoms with Crippen LogP contribution in [0.3, 0.4) is 0 Å². The Bertz CT molecular complexity index is 522. The van der Waals surface area contributed by atoms with E-state index in [1.165, 1.54) is 43.9 Å². The Labute approximate surface area is 141 Å². The van der Waals surface area contributed by atoms with Crippen molar-refractivity contribution in [3.05, 3.63) is 5.82 Å². The van der Waals surface area contributed by atoms with Crippen molar-refractivity contribution in [3.63, 3.8) is 0 Å². The van der Waals surface area contributed by atoms with E-state index in [4.69, 9.17) is 4.74 Å². The van der Waals surface area contributed by atoms with Crippen LogP contribution in [0.1, 0.15) is 56.8 Å². The molecule has 1 N–H and O–H groups in total. The van der Waals surface area contributed by atoms with Crippen LogP contribution >= 0.6 is 11.8 Å². The number of carbonyl (C=O) groups excluding carboxylic acids is 1. The van der Waals surface area contributed by atoms with Crippen LogP contribution in [-0.4, -0.2) is 45.7 Å². The molecule has 1 aromatic rings. The summed E-state index contributed by atoms with van der Waals surface area (Å²) in [6.07, 6.45) is 8.59. The van der Waals surface area contributed by atoms with E-state index in [9.17, 15) is 4.79 Å². The molecule has 128 valence electrons. The normalized spacial score (nSPS) is 22.4. The number of aryl methyl sites for hydroxylation is 1. The first-order chi connectivity index (χ1) is 11.2. The quantitative estimate of drug-likeness (QED) is 0.807. The largest absolute Gasteiger partial charge is 0.376 e. The van der Waals surface area contributed by atoms with Gasteiger partial charge in [0.25, 0.3) is 0 Å². The summed E-state index contributed by atoms with van der Waals surface area (Å²) < 4.78 is 7.75. The minimum absolute atomic E-state index is 0.0429. The molecule has 0 unspecified atom stereocenters. The van der Waals surface area contributed by atoms with Crippen molar-refractivity contribution in [2.75, 3.05) is 18.9 Å². The topological polar surface area (TPSA) is 69.0 Å². The molecular formula is C16H26N4O2S. The predicted molar refractivity (Wildman–Crippen MR) is 89.6 cm³/mol. The number of hydrogen-bond donors (Lipinski definition) is 1. The molecule has 6 nitrogen and oxygen atoms in total. The number of nitrogens with one attached hydrogen (secondary N) is 1. The molecular weight excluding hydrogens is 312 g/mol. The Kier molecular flexibility index (Phi) is 5.94. The van der Waals surface area contributed by atoms with Gasteiger partial charge in [-0.15, -0.1) is 10.2 Å². The van der Waals surface area contributed by atoms with Gasteiger partial charge in [0.2, 0.25) is 5.91 Å². The molecule has 1 aliphatic heterocycles. The Morgan fingerprint density at radius 2 is 2.09 bits per heavy atom. The van der Waals surface area contributed by atoms with E-state index >= 15 is 0 Å². The average Bonchev–Trinajstić information content (AvgIpc) is 3.21. The van der Waals surface area contributed by atoms with Crippen molar-refractivity contribution in [2.45, 2.75) is 69.2 Å². The summed E-state index contributed by atoms with van der Waals surface area (Å²) in [6, 6.07) is 0.496. The first-order valence-corrected chi connectivity index (χ1v) is 9.65. The Balaban J connectivity index is 1.50. The Morgan fingerprint density at radius 3 is 2.83 bits per heavy atom. The molecule has 0 radical (unpaired) electrons. The second kappa shape index (κ2) is 8.15. The fourth-order valence-corrected chi connectivity index (χ4v) is 4.30. The van der Waals surface area contributed by atoms with Crippen LogP contribution in [0, 0.1) is 6.92 Å². The Morgan fingerprint density at radius 1 is 1.26 bits per heavy atom. The first-order valence-electron chi connectivity index (χ1n) is 8.66. The lowest BCUT2D eigenvalue weighted by Crippen LogP contribution is -2.33. The van der Waals surface area contributed by atoms with Gasteiger partial charge in [0.15, 0.2) is 5.16 Å². The summed E-state index contributed by atoms with van der Waals surface area (Å²) in [6.45, 7) is 3.44. The SMILES string of the molecule is Cc1nnc(SCC(=O)NC[C@H]2CCCO2)n1C1CCCCC1. The van der Waals surface area contributed by atoms with Crippen LogP contribution in [0.2, 0.25) is 0 Å². The van der Waals surface area contributed by atoms with Gasteiger partial charge in [-0.05, 0) is 32.6 Å². The number of thioether (sulfide) groups is 1. The minimum atomic E-state index is 0.0429. The van der Waals surface area contributed by atoms with Crippen molar-refractivity contribution in [1.82, 2.24) is 20.1 Å². The van der Waals surface area contributed by atoms with Gasteiger partial charge in [-0.1, -0.05) is 31.0 Å². The smallest absolute Gasteiger partial charge is 0.230 e. The van der Waals surface area contributed by atoms with E-state index in [2.05, 4.69) is 20.1 Å². The van der Waals surface area contributed by atoms with E-state index < -0.39 is 0 Å². The van der Waals surface area contributed by atoms with Crippen molar-refractivity contribution >= 4 is 17.7 Å². The number of aromatic nitrogens is 3. The third-order valence-corrected chi connectivity index (χ3v) is 5.60. The minimum Gasteiger partial charge on any atom is -0.376 e. The van der Waals surface area contributed by atoms with Gasteiger partial charge in [0.1, 0.15) is 5.82 Å². The van der Waals surface area contributed by atoms with E-state index in [0.29, 0.717) is 18.3 Å². The zero-order valence-corrected chi connectivity index (χ0v) is 14.6. The maximum atomic E-state index is 12.0. The molecule has 1 aromatic heterocycles. The zero-order chi connectivity index (χ0) is 16.1. The number of amides is 1. The highest BCUT2D eigenvalue weighted by Crippen LogP contribution is 2.32. The predicted octanol–water partition coefficient (Wildman–Crippen LogP) is 2.48. The van der Waals surface area contributed by atoms with Crippen molar-refractivity contribution in [2.24, 2.45) is 0 Å². The molecule has 7 heteroatoms. The lowest BCUT2D eigenvalue weighted by Gasteiger charge is -2.24. The molecule has 0 bridgehead atoms. The standard InChI is InChI=1S/C16H26N4O2S/c1-12-18-19-16(20(12)13-6-3-2-4-7-13)23-11-15(21)17-10-14-8-5-9-22-14/h13-14H,2-11H2,1H3,(H,17,21)/t14-/m1/s1. The van der Waals surface area contributed by atoms with E-state index in [0.717, 1.165) is 30.4 Å². The number of hydrogen-bond acceptors (Lipinski definition) is 5. The maximum absolute atomic E-state index is 12.0. The second-order valence-electron chi connectivity index (χ2n) is 6.42. The first kappa shape index (κ1) is 16.8. The van der Waals surface area contributed by atoms with Crippen LogP contribution in [-0.2, 0) is 9.53 Å². The summed E-state index contributed by atoms with van der Waals surface area (Å²) in [5, 5.41) is 12.3. The number of nitrogens with zero attached hydrogens (tertiary/aromatic N) is 3. The average molecular weight is 338 g/mol. The molecule has 2 aliphatic rings. The van der Waals surface area contributed by atoms with Crippen LogP contribution in [0.25, 0.3) is 0 Å². The third-order valence-electron chi connectivity index (χ3n) is 4.66. The van der Waals surface area contributed by atoms with E-state index in [-0.39, 0.29) is 12.0 Å². The van der Waals surface area contributed by atoms with Crippen LogP contribution < -0.4 is 5.32 Å². The van der Waals surface area contributed by atoms with Crippen molar-refractivity contribution < 1.29 is 9.53 Å². The highest BCUT2D eigenvalue weighted by Gasteiger charge is 2.22. The maximum Gasteiger partial charge on any atom is 0.230 e. The molecule has 1 saturated carbocycles. The van der Waals surface area contributed by atoms with Crippen LogP contribution in [0.5, 0.6) is 0 Å². The summed E-state index contributed by atoms with van der Waals surface area (Å²) in [5.74, 6) is 1.39. The van der Waals surface area contributed by atoms with Crippen LogP contribution in [0.15, 0.2) is 5.16 Å². The fourth-order valence-electron chi connectivity index (χ4n) is 3.42. The van der Waals surface area contributed by atoms with Gasteiger partial charge < -0.3 is 14.6 Å². The highest BCUT2D eigenvalue weighted by molar-refractivity contribution is 7.99. The summed E-state index contributed by atoms with van der Waals surface area (Å²) in [4.78, 5) is 12.0.